The molecule has 1 aromatic heterocycles. The van der Waals surface area contributed by atoms with Gasteiger partial charge < -0.3 is 10.2 Å². The fraction of sp³-hybridized carbons (Fsp3) is 0.545. The zero-order chi connectivity index (χ0) is 10.6. The van der Waals surface area contributed by atoms with Crippen molar-refractivity contribution in [1.82, 2.24) is 9.88 Å². The summed E-state index contributed by atoms with van der Waals surface area (Å²) in [5.41, 5.74) is 3.30. The Morgan fingerprint density at radius 3 is 2.29 bits per heavy atom. The molecule has 0 atom stereocenters. The quantitative estimate of drug-likeness (QED) is 0.788. The summed E-state index contributed by atoms with van der Waals surface area (Å²) >= 11 is 0. The Kier molecular flexibility index (Phi) is 3.89. The van der Waals surface area contributed by atoms with Crippen molar-refractivity contribution in [3.05, 3.63) is 23.5 Å². The second-order valence-corrected chi connectivity index (χ2v) is 3.87. The van der Waals surface area contributed by atoms with Gasteiger partial charge in [-0.15, -0.1) is 0 Å². The summed E-state index contributed by atoms with van der Waals surface area (Å²) in [6.45, 7) is 6.05. The van der Waals surface area contributed by atoms with Crippen LogP contribution in [0.1, 0.15) is 11.4 Å². The normalized spacial score (nSPS) is 10.6. The largest absolute Gasteiger partial charge is 0.384 e. The van der Waals surface area contributed by atoms with Crippen molar-refractivity contribution in [2.75, 3.05) is 32.5 Å². The Bertz CT molecular complexity index is 274. The van der Waals surface area contributed by atoms with Gasteiger partial charge >= 0.3 is 0 Å². The van der Waals surface area contributed by atoms with Gasteiger partial charge in [-0.3, -0.25) is 4.98 Å². The van der Waals surface area contributed by atoms with Gasteiger partial charge in [0.1, 0.15) is 0 Å². The lowest BCUT2D eigenvalue weighted by Gasteiger charge is -2.12. The van der Waals surface area contributed by atoms with Crippen LogP contribution in [0.3, 0.4) is 0 Å². The first-order valence-corrected chi connectivity index (χ1v) is 4.92. The van der Waals surface area contributed by atoms with Gasteiger partial charge in [-0.2, -0.15) is 0 Å². The van der Waals surface area contributed by atoms with Gasteiger partial charge in [-0.25, -0.2) is 0 Å². The lowest BCUT2D eigenvalue weighted by molar-refractivity contribution is 0.425. The minimum Gasteiger partial charge on any atom is -0.384 e. The van der Waals surface area contributed by atoms with Gasteiger partial charge in [0, 0.05) is 30.2 Å². The number of aromatic nitrogens is 1. The summed E-state index contributed by atoms with van der Waals surface area (Å²) in [5, 5.41) is 3.38. The maximum atomic E-state index is 4.33. The minimum atomic E-state index is 0.968. The molecule has 0 aromatic carbocycles. The first kappa shape index (κ1) is 11.0. The van der Waals surface area contributed by atoms with Gasteiger partial charge in [-0.05, 0) is 40.1 Å². The van der Waals surface area contributed by atoms with Crippen molar-refractivity contribution in [1.29, 1.82) is 0 Å². The molecule has 0 unspecified atom stereocenters. The standard InChI is InChI=1S/C11H19N3/c1-9-7-11(8-10(2)13-9)12-5-6-14(3)4/h7-8H,5-6H2,1-4H3,(H,12,13). The molecule has 0 saturated carbocycles. The summed E-state index contributed by atoms with van der Waals surface area (Å²) in [6.07, 6.45) is 0. The van der Waals surface area contributed by atoms with Crippen molar-refractivity contribution >= 4 is 5.69 Å². The predicted molar refractivity (Wildman–Crippen MR) is 60.8 cm³/mol. The number of hydrogen-bond donors (Lipinski definition) is 1. The Hall–Kier alpha value is -1.09. The zero-order valence-corrected chi connectivity index (χ0v) is 9.46. The van der Waals surface area contributed by atoms with E-state index in [1.54, 1.807) is 0 Å². The molecule has 0 aliphatic rings. The monoisotopic (exact) mass is 193 g/mol. The third kappa shape index (κ3) is 3.75. The van der Waals surface area contributed by atoms with Gasteiger partial charge in [-0.1, -0.05) is 0 Å². The van der Waals surface area contributed by atoms with Crippen LogP contribution in [0.2, 0.25) is 0 Å². The maximum absolute atomic E-state index is 4.33. The number of anilines is 1. The third-order valence-electron chi connectivity index (χ3n) is 1.97. The molecule has 1 heterocycles. The van der Waals surface area contributed by atoms with Crippen LogP contribution in [0, 0.1) is 13.8 Å². The maximum Gasteiger partial charge on any atom is 0.0396 e. The highest BCUT2D eigenvalue weighted by molar-refractivity contribution is 5.45. The van der Waals surface area contributed by atoms with E-state index in [0.717, 1.165) is 30.2 Å². The lowest BCUT2D eigenvalue weighted by atomic mass is 10.3. The van der Waals surface area contributed by atoms with Crippen molar-refractivity contribution in [2.45, 2.75) is 13.8 Å². The third-order valence-corrected chi connectivity index (χ3v) is 1.97. The van der Waals surface area contributed by atoms with E-state index in [1.165, 1.54) is 0 Å². The van der Waals surface area contributed by atoms with E-state index in [0.29, 0.717) is 0 Å². The smallest absolute Gasteiger partial charge is 0.0396 e. The number of hydrogen-bond acceptors (Lipinski definition) is 3. The first-order chi connectivity index (χ1) is 6.58. The number of rotatable bonds is 4. The second-order valence-electron chi connectivity index (χ2n) is 3.87. The van der Waals surface area contributed by atoms with Crippen LogP contribution in [-0.4, -0.2) is 37.1 Å². The average molecular weight is 193 g/mol. The molecule has 78 valence electrons. The van der Waals surface area contributed by atoms with Crippen LogP contribution in [0.25, 0.3) is 0 Å². The van der Waals surface area contributed by atoms with Crippen LogP contribution >= 0.6 is 0 Å². The molecule has 0 bridgehead atoms. The van der Waals surface area contributed by atoms with Gasteiger partial charge in [0.15, 0.2) is 0 Å². The molecule has 0 aliphatic carbocycles. The molecule has 14 heavy (non-hydrogen) atoms. The Labute approximate surface area is 86.2 Å². The SMILES string of the molecule is Cc1cc(NCCN(C)C)cc(C)n1. The molecule has 1 aromatic rings. The fourth-order valence-corrected chi connectivity index (χ4v) is 1.36. The molecule has 0 fully saturated rings. The Morgan fingerprint density at radius 2 is 1.79 bits per heavy atom. The van der Waals surface area contributed by atoms with E-state index in [4.69, 9.17) is 0 Å². The number of nitrogens with one attached hydrogen (secondary N) is 1. The van der Waals surface area contributed by atoms with Crippen LogP contribution < -0.4 is 5.32 Å². The van der Waals surface area contributed by atoms with E-state index in [2.05, 4.69) is 41.4 Å². The van der Waals surface area contributed by atoms with E-state index in [1.807, 2.05) is 13.8 Å². The van der Waals surface area contributed by atoms with E-state index >= 15 is 0 Å². The number of aryl methyl sites for hydroxylation is 2. The molecule has 1 rings (SSSR count). The van der Waals surface area contributed by atoms with Crippen LogP contribution in [-0.2, 0) is 0 Å². The summed E-state index contributed by atoms with van der Waals surface area (Å²) in [4.78, 5) is 6.49. The highest BCUT2D eigenvalue weighted by Gasteiger charge is 1.96. The molecule has 1 N–H and O–H groups in total. The summed E-state index contributed by atoms with van der Waals surface area (Å²) in [6, 6.07) is 4.14. The number of nitrogens with zero attached hydrogens (tertiary/aromatic N) is 2. The van der Waals surface area contributed by atoms with Gasteiger partial charge in [0.25, 0.3) is 0 Å². The molecule has 0 spiro atoms. The molecule has 0 amide bonds. The van der Waals surface area contributed by atoms with Crippen molar-refractivity contribution in [3.8, 4) is 0 Å². The average Bonchev–Trinajstić information content (AvgIpc) is 2.01. The highest BCUT2D eigenvalue weighted by Crippen LogP contribution is 2.09. The van der Waals surface area contributed by atoms with Crippen molar-refractivity contribution in [3.63, 3.8) is 0 Å². The fourth-order valence-electron chi connectivity index (χ4n) is 1.36. The molecule has 3 nitrogen and oxygen atoms in total. The summed E-state index contributed by atoms with van der Waals surface area (Å²) in [7, 11) is 4.15. The van der Waals surface area contributed by atoms with Crippen molar-refractivity contribution < 1.29 is 0 Å². The van der Waals surface area contributed by atoms with Crippen molar-refractivity contribution in [2.24, 2.45) is 0 Å². The predicted octanol–water partition coefficient (Wildman–Crippen LogP) is 1.67. The molecule has 0 saturated heterocycles. The van der Waals surface area contributed by atoms with Gasteiger partial charge in [0.05, 0.1) is 0 Å². The van der Waals surface area contributed by atoms with Crippen LogP contribution in [0.5, 0.6) is 0 Å². The van der Waals surface area contributed by atoms with Crippen LogP contribution in [0.15, 0.2) is 12.1 Å². The first-order valence-electron chi connectivity index (χ1n) is 4.92. The number of pyridine rings is 1. The van der Waals surface area contributed by atoms with Crippen LogP contribution in [0.4, 0.5) is 5.69 Å². The molecule has 0 radical (unpaired) electrons. The Balaban J connectivity index is 2.50. The molecular weight excluding hydrogens is 174 g/mol. The van der Waals surface area contributed by atoms with Gasteiger partial charge in [0.2, 0.25) is 0 Å². The van der Waals surface area contributed by atoms with E-state index in [-0.39, 0.29) is 0 Å². The highest BCUT2D eigenvalue weighted by atomic mass is 15.1. The topological polar surface area (TPSA) is 28.2 Å². The summed E-state index contributed by atoms with van der Waals surface area (Å²) in [5.74, 6) is 0. The Morgan fingerprint density at radius 1 is 1.21 bits per heavy atom. The summed E-state index contributed by atoms with van der Waals surface area (Å²) < 4.78 is 0. The van der Waals surface area contributed by atoms with E-state index < -0.39 is 0 Å². The second kappa shape index (κ2) is 4.96. The molecular formula is C11H19N3. The lowest BCUT2D eigenvalue weighted by Crippen LogP contribution is -2.20. The molecule has 0 aliphatic heterocycles. The zero-order valence-electron chi connectivity index (χ0n) is 9.46. The number of likely N-dealkylation sites (N-methyl/N-ethyl adjacent to an activating group) is 1. The molecule has 3 heteroatoms. The minimum absolute atomic E-state index is 0.968. The van der Waals surface area contributed by atoms with E-state index in [9.17, 15) is 0 Å².